The number of fused-ring (bicyclic) bond motifs is 1. The number of aromatic amines is 1. The predicted octanol–water partition coefficient (Wildman–Crippen LogP) is 2.87. The van der Waals surface area contributed by atoms with Crippen LogP contribution in [0, 0.1) is 12.8 Å². The number of aryl methyl sites for hydroxylation is 1. The van der Waals surface area contributed by atoms with Crippen LogP contribution in [0.5, 0.6) is 11.5 Å². The first kappa shape index (κ1) is 18.5. The minimum Gasteiger partial charge on any atom is -0.493 e. The molecule has 0 saturated heterocycles. The highest BCUT2D eigenvalue weighted by Gasteiger charge is 2.23. The summed E-state index contributed by atoms with van der Waals surface area (Å²) in [4.78, 5) is 15.2. The van der Waals surface area contributed by atoms with Crippen molar-refractivity contribution in [1.29, 1.82) is 0 Å². The van der Waals surface area contributed by atoms with Gasteiger partial charge in [0.2, 0.25) is 0 Å². The van der Waals surface area contributed by atoms with E-state index in [2.05, 4.69) is 4.98 Å². The van der Waals surface area contributed by atoms with Crippen LogP contribution >= 0.6 is 0 Å². The Bertz CT molecular complexity index is 1210. The van der Waals surface area contributed by atoms with Crippen LogP contribution < -0.4 is 19.6 Å². The van der Waals surface area contributed by atoms with Crippen molar-refractivity contribution in [3.8, 4) is 22.6 Å². The molecule has 0 radical (unpaired) electrons. The molecule has 1 aromatic heterocycles. The van der Waals surface area contributed by atoms with Gasteiger partial charge in [-0.25, -0.2) is 0 Å². The van der Waals surface area contributed by atoms with E-state index in [0.717, 1.165) is 23.8 Å². The highest BCUT2D eigenvalue weighted by atomic mass is 32.2. The molecule has 146 valence electrons. The number of benzene rings is 2. The predicted molar refractivity (Wildman–Crippen MR) is 107 cm³/mol. The number of pyridine rings is 1. The van der Waals surface area contributed by atoms with Gasteiger partial charge < -0.3 is 13.9 Å². The van der Waals surface area contributed by atoms with E-state index in [1.165, 1.54) is 6.07 Å². The second-order valence-electron chi connectivity index (χ2n) is 6.99. The average molecular weight is 400 g/mol. The van der Waals surface area contributed by atoms with E-state index in [1.54, 1.807) is 31.2 Å². The summed E-state index contributed by atoms with van der Waals surface area (Å²) in [5, 5.41) is 6.29. The number of H-pyrrole nitrogens is 1. The Morgan fingerprint density at radius 1 is 1.14 bits per heavy atom. The smallest absolute Gasteiger partial charge is 0.380 e. The summed E-state index contributed by atoms with van der Waals surface area (Å²) < 4.78 is 33.6. The first-order valence-electron chi connectivity index (χ1n) is 8.93. The largest absolute Gasteiger partial charge is 0.493 e. The van der Waals surface area contributed by atoms with Crippen molar-refractivity contribution >= 4 is 21.1 Å². The lowest BCUT2D eigenvalue weighted by molar-refractivity contribution is 0.300. The number of hydrogen-bond donors (Lipinski definition) is 2. The molecule has 0 bridgehead atoms. The molecule has 28 heavy (non-hydrogen) atoms. The molecular formula is C20H20N2O5S. The molecule has 1 aliphatic carbocycles. The maximum absolute atomic E-state index is 12.3. The van der Waals surface area contributed by atoms with Crippen LogP contribution in [0.1, 0.15) is 18.5 Å². The van der Waals surface area contributed by atoms with Gasteiger partial charge in [0.1, 0.15) is 11.5 Å². The number of nitrogens with two attached hydrogens (primary N) is 1. The minimum atomic E-state index is -4.16. The van der Waals surface area contributed by atoms with Crippen molar-refractivity contribution in [3.63, 3.8) is 0 Å². The summed E-state index contributed by atoms with van der Waals surface area (Å²) in [5.74, 6) is 1.21. The van der Waals surface area contributed by atoms with Crippen LogP contribution in [-0.4, -0.2) is 20.0 Å². The number of aromatic nitrogens is 1. The summed E-state index contributed by atoms with van der Waals surface area (Å²) in [6.07, 6.45) is 2.28. The van der Waals surface area contributed by atoms with Gasteiger partial charge in [0, 0.05) is 22.2 Å². The molecule has 4 rings (SSSR count). The first-order valence-corrected chi connectivity index (χ1v) is 10.4. The van der Waals surface area contributed by atoms with E-state index in [-0.39, 0.29) is 11.3 Å². The zero-order valence-electron chi connectivity index (χ0n) is 15.3. The monoisotopic (exact) mass is 400 g/mol. The van der Waals surface area contributed by atoms with Gasteiger partial charge >= 0.3 is 10.3 Å². The third-order valence-electron chi connectivity index (χ3n) is 4.72. The standard InChI is InChI=1S/C20H20N2O5S/c1-12-19(15-4-2-3-5-16(15)20(23)22-12)17-10-14(27-28(21,24)25)8-9-18(17)26-11-13-6-7-13/h2-5,8-10,13H,6-7,11H2,1H3,(H,22,23)(H2,21,24,25). The van der Waals surface area contributed by atoms with Gasteiger partial charge in [0.15, 0.2) is 0 Å². The fraction of sp³-hybridized carbons (Fsp3) is 0.250. The second kappa shape index (κ2) is 6.96. The van der Waals surface area contributed by atoms with Crippen molar-refractivity contribution in [2.24, 2.45) is 11.1 Å². The van der Waals surface area contributed by atoms with Gasteiger partial charge in [0.25, 0.3) is 5.56 Å². The van der Waals surface area contributed by atoms with Crippen LogP contribution in [0.2, 0.25) is 0 Å². The van der Waals surface area contributed by atoms with Gasteiger partial charge in [0.05, 0.1) is 6.61 Å². The summed E-state index contributed by atoms with van der Waals surface area (Å²) >= 11 is 0. The van der Waals surface area contributed by atoms with E-state index in [9.17, 15) is 13.2 Å². The van der Waals surface area contributed by atoms with Crippen molar-refractivity contribution < 1.29 is 17.3 Å². The number of hydrogen-bond acceptors (Lipinski definition) is 5. The van der Waals surface area contributed by atoms with Crippen molar-refractivity contribution in [3.05, 3.63) is 58.5 Å². The van der Waals surface area contributed by atoms with Crippen LogP contribution in [0.3, 0.4) is 0 Å². The molecule has 8 heteroatoms. The highest BCUT2D eigenvalue weighted by molar-refractivity contribution is 7.84. The molecule has 2 aromatic carbocycles. The fourth-order valence-electron chi connectivity index (χ4n) is 3.26. The van der Waals surface area contributed by atoms with Crippen LogP contribution in [-0.2, 0) is 10.3 Å². The van der Waals surface area contributed by atoms with Crippen LogP contribution in [0.25, 0.3) is 21.9 Å². The van der Waals surface area contributed by atoms with Gasteiger partial charge in [-0.05, 0) is 55.3 Å². The molecule has 0 unspecified atom stereocenters. The first-order chi connectivity index (χ1) is 13.3. The Labute approximate surface area is 162 Å². The summed E-state index contributed by atoms with van der Waals surface area (Å²) in [5.41, 5.74) is 1.84. The fourth-order valence-corrected chi connectivity index (χ4v) is 3.63. The summed E-state index contributed by atoms with van der Waals surface area (Å²) in [6.45, 7) is 2.38. The van der Waals surface area contributed by atoms with Gasteiger partial charge in [-0.2, -0.15) is 13.6 Å². The topological polar surface area (TPSA) is 111 Å². The van der Waals surface area contributed by atoms with Gasteiger partial charge in [-0.15, -0.1) is 0 Å². The molecule has 0 atom stereocenters. The Balaban J connectivity index is 1.92. The average Bonchev–Trinajstić information content (AvgIpc) is 3.44. The number of nitrogens with one attached hydrogen (secondary N) is 1. The molecule has 1 aliphatic rings. The van der Waals surface area contributed by atoms with Crippen LogP contribution in [0.4, 0.5) is 0 Å². The van der Waals surface area contributed by atoms with Crippen LogP contribution in [0.15, 0.2) is 47.3 Å². The SMILES string of the molecule is Cc1[nH]c(=O)c2ccccc2c1-c1cc(OS(N)(=O)=O)ccc1OCC1CC1. The maximum atomic E-state index is 12.3. The van der Waals surface area contributed by atoms with Gasteiger partial charge in [-0.1, -0.05) is 18.2 Å². The quantitative estimate of drug-likeness (QED) is 0.661. The molecule has 7 nitrogen and oxygen atoms in total. The molecule has 3 aromatic rings. The number of ether oxygens (including phenoxy) is 1. The zero-order valence-corrected chi connectivity index (χ0v) is 16.1. The second-order valence-corrected chi connectivity index (χ2v) is 8.14. The van der Waals surface area contributed by atoms with E-state index in [0.29, 0.717) is 34.9 Å². The maximum Gasteiger partial charge on any atom is 0.380 e. The Morgan fingerprint density at radius 3 is 2.54 bits per heavy atom. The molecule has 0 amide bonds. The molecule has 0 aliphatic heterocycles. The third-order valence-corrected chi connectivity index (χ3v) is 5.15. The van der Waals surface area contributed by atoms with E-state index >= 15 is 0 Å². The summed E-state index contributed by atoms with van der Waals surface area (Å²) in [7, 11) is -4.16. The highest BCUT2D eigenvalue weighted by Crippen LogP contribution is 2.39. The lowest BCUT2D eigenvalue weighted by Crippen LogP contribution is -2.19. The normalized spacial score (nSPS) is 14.2. The molecule has 1 fully saturated rings. The van der Waals surface area contributed by atoms with E-state index in [4.69, 9.17) is 14.1 Å². The third kappa shape index (κ3) is 3.88. The Hall–Kier alpha value is -2.84. The lowest BCUT2D eigenvalue weighted by atomic mass is 9.96. The molecule has 1 saturated carbocycles. The number of rotatable bonds is 6. The van der Waals surface area contributed by atoms with Crippen molar-refractivity contribution in [2.45, 2.75) is 19.8 Å². The van der Waals surface area contributed by atoms with Crippen molar-refractivity contribution in [1.82, 2.24) is 4.98 Å². The molecule has 3 N–H and O–H groups in total. The zero-order chi connectivity index (χ0) is 19.9. The molecule has 0 spiro atoms. The molecular weight excluding hydrogens is 380 g/mol. The van der Waals surface area contributed by atoms with Crippen molar-refractivity contribution in [2.75, 3.05) is 6.61 Å². The minimum absolute atomic E-state index is 0.0750. The Morgan fingerprint density at radius 2 is 1.86 bits per heavy atom. The summed E-state index contributed by atoms with van der Waals surface area (Å²) in [6, 6.07) is 12.0. The van der Waals surface area contributed by atoms with Gasteiger partial charge in [-0.3, -0.25) is 4.79 Å². The molecule has 1 heterocycles. The van der Waals surface area contributed by atoms with E-state index < -0.39 is 10.3 Å². The van der Waals surface area contributed by atoms with E-state index in [1.807, 2.05) is 12.1 Å². The Kier molecular flexibility index (Phi) is 4.60. The lowest BCUT2D eigenvalue weighted by Gasteiger charge is -2.16.